The molecular weight excluding hydrogens is 387 g/mol. The maximum atomic E-state index is 13.2. The molecule has 3 aromatic rings. The quantitative estimate of drug-likeness (QED) is 0.657. The summed E-state index contributed by atoms with van der Waals surface area (Å²) in [6.07, 6.45) is 1.17. The minimum Gasteiger partial charge on any atom is -0.457 e. The number of ether oxygens (including phenoxy) is 1. The van der Waals surface area contributed by atoms with Crippen LogP contribution in [-0.4, -0.2) is 24.4 Å². The molecule has 144 valence electrons. The Labute approximate surface area is 160 Å². The van der Waals surface area contributed by atoms with Gasteiger partial charge in [0.1, 0.15) is 17.3 Å². The zero-order chi connectivity index (χ0) is 20.1. The number of carbonyl (C=O) groups is 1. The topological polar surface area (TPSA) is 106 Å². The van der Waals surface area contributed by atoms with Gasteiger partial charge in [-0.25, -0.2) is 17.5 Å². The zero-order valence-electron chi connectivity index (χ0n) is 14.4. The van der Waals surface area contributed by atoms with Crippen molar-refractivity contribution in [2.24, 2.45) is 0 Å². The predicted molar refractivity (Wildman–Crippen MR) is 97.7 cm³/mol. The van der Waals surface area contributed by atoms with Crippen LogP contribution < -0.4 is 9.46 Å². The summed E-state index contributed by atoms with van der Waals surface area (Å²) in [6.45, 7) is -0.287. The van der Waals surface area contributed by atoms with Gasteiger partial charge >= 0.3 is 0 Å². The first-order valence-electron chi connectivity index (χ1n) is 8.04. The molecule has 2 N–H and O–H groups in total. The molecule has 1 heterocycles. The van der Waals surface area contributed by atoms with Crippen LogP contribution in [0.2, 0.25) is 0 Å². The summed E-state index contributed by atoms with van der Waals surface area (Å²) in [5, 5.41) is 8.94. The molecule has 0 aliphatic heterocycles. The summed E-state index contributed by atoms with van der Waals surface area (Å²) in [7, 11) is -4.11. The lowest BCUT2D eigenvalue weighted by Gasteiger charge is -2.09. The SMILES string of the molecule is O=C(NS(=O)(=O)c1ccc(Oc2cccc(F)c2)cc1)c1ccc(CO)nc1. The van der Waals surface area contributed by atoms with Gasteiger partial charge in [0.25, 0.3) is 15.9 Å². The van der Waals surface area contributed by atoms with Crippen molar-refractivity contribution >= 4 is 15.9 Å². The predicted octanol–water partition coefficient (Wildman–Crippen LogP) is 2.62. The number of pyridine rings is 1. The molecule has 0 aliphatic carbocycles. The molecule has 0 bridgehead atoms. The Balaban J connectivity index is 1.71. The molecule has 0 saturated carbocycles. The molecule has 0 atom stereocenters. The third kappa shape index (κ3) is 4.70. The highest BCUT2D eigenvalue weighted by molar-refractivity contribution is 7.90. The van der Waals surface area contributed by atoms with Crippen molar-refractivity contribution < 1.29 is 27.4 Å². The summed E-state index contributed by atoms with van der Waals surface area (Å²) < 4.78 is 45.3. The number of halogens is 1. The molecule has 0 saturated heterocycles. The highest BCUT2D eigenvalue weighted by Crippen LogP contribution is 2.23. The fourth-order valence-electron chi connectivity index (χ4n) is 2.25. The summed E-state index contributed by atoms with van der Waals surface area (Å²) in [4.78, 5) is 15.8. The van der Waals surface area contributed by atoms with Crippen molar-refractivity contribution in [1.29, 1.82) is 0 Å². The van der Waals surface area contributed by atoms with Gasteiger partial charge in [-0.1, -0.05) is 6.07 Å². The number of amides is 1. The standard InChI is InChI=1S/C19H15FN2O5S/c20-14-2-1-3-17(10-14)27-16-6-8-18(9-7-16)28(25,26)22-19(24)13-4-5-15(12-23)21-11-13/h1-11,23H,12H2,(H,22,24). The molecule has 2 aromatic carbocycles. The van der Waals surface area contributed by atoms with E-state index >= 15 is 0 Å². The van der Waals surface area contributed by atoms with Gasteiger partial charge in [-0.2, -0.15) is 0 Å². The fourth-order valence-corrected chi connectivity index (χ4v) is 3.22. The highest BCUT2D eigenvalue weighted by atomic mass is 32.2. The molecule has 1 amide bonds. The third-order valence-electron chi connectivity index (χ3n) is 3.64. The van der Waals surface area contributed by atoms with E-state index in [1.54, 1.807) is 6.07 Å². The van der Waals surface area contributed by atoms with E-state index in [0.29, 0.717) is 11.4 Å². The second-order valence-corrected chi connectivity index (χ2v) is 7.34. The Bertz CT molecular complexity index is 1080. The van der Waals surface area contributed by atoms with E-state index in [1.165, 1.54) is 60.8 Å². The minimum absolute atomic E-state index is 0.0341. The maximum Gasteiger partial charge on any atom is 0.266 e. The number of nitrogens with one attached hydrogen (secondary N) is 1. The van der Waals surface area contributed by atoms with E-state index in [1.807, 2.05) is 4.72 Å². The molecule has 7 nitrogen and oxygen atoms in total. The number of hydrogen-bond donors (Lipinski definition) is 2. The van der Waals surface area contributed by atoms with Crippen LogP contribution in [0, 0.1) is 5.82 Å². The number of aliphatic hydroxyl groups excluding tert-OH is 1. The minimum atomic E-state index is -4.11. The van der Waals surface area contributed by atoms with Crippen molar-refractivity contribution in [2.75, 3.05) is 0 Å². The molecule has 0 unspecified atom stereocenters. The Morgan fingerprint density at radius 3 is 2.43 bits per heavy atom. The Kier molecular flexibility index (Phi) is 5.67. The Morgan fingerprint density at radius 1 is 1.07 bits per heavy atom. The van der Waals surface area contributed by atoms with E-state index in [0.717, 1.165) is 0 Å². The number of nitrogens with zero attached hydrogens (tertiary/aromatic N) is 1. The first-order chi connectivity index (χ1) is 13.4. The number of benzene rings is 2. The van der Waals surface area contributed by atoms with Crippen LogP contribution in [-0.2, 0) is 16.6 Å². The summed E-state index contributed by atoms with van der Waals surface area (Å²) in [5.74, 6) is -0.736. The van der Waals surface area contributed by atoms with Gasteiger partial charge in [-0.15, -0.1) is 0 Å². The van der Waals surface area contributed by atoms with Crippen molar-refractivity contribution in [3.05, 3.63) is 83.9 Å². The summed E-state index contributed by atoms with van der Waals surface area (Å²) >= 11 is 0. The van der Waals surface area contributed by atoms with Gasteiger partial charge in [-0.05, 0) is 48.5 Å². The van der Waals surface area contributed by atoms with Crippen molar-refractivity contribution in [1.82, 2.24) is 9.71 Å². The molecule has 3 rings (SSSR count). The molecule has 0 fully saturated rings. The normalized spacial score (nSPS) is 11.1. The molecule has 1 aromatic heterocycles. The monoisotopic (exact) mass is 402 g/mol. The number of rotatable bonds is 6. The molecule has 0 radical (unpaired) electrons. The average Bonchev–Trinajstić information content (AvgIpc) is 2.68. The number of carbonyl (C=O) groups excluding carboxylic acids is 1. The molecule has 28 heavy (non-hydrogen) atoms. The van der Waals surface area contributed by atoms with Crippen LogP contribution in [0.3, 0.4) is 0 Å². The third-order valence-corrected chi connectivity index (χ3v) is 4.99. The van der Waals surface area contributed by atoms with Crippen LogP contribution in [0.4, 0.5) is 4.39 Å². The van der Waals surface area contributed by atoms with E-state index in [9.17, 15) is 17.6 Å². The van der Waals surface area contributed by atoms with Gasteiger partial charge < -0.3 is 9.84 Å². The largest absolute Gasteiger partial charge is 0.457 e. The molecular formula is C19H15FN2O5S. The van der Waals surface area contributed by atoms with E-state index in [4.69, 9.17) is 9.84 Å². The van der Waals surface area contributed by atoms with Crippen LogP contribution in [0.5, 0.6) is 11.5 Å². The Hall–Kier alpha value is -3.30. The first-order valence-corrected chi connectivity index (χ1v) is 9.52. The second kappa shape index (κ2) is 8.15. The van der Waals surface area contributed by atoms with Gasteiger partial charge in [0.15, 0.2) is 0 Å². The van der Waals surface area contributed by atoms with Gasteiger partial charge in [0.05, 0.1) is 22.8 Å². The highest BCUT2D eigenvalue weighted by Gasteiger charge is 2.19. The number of aliphatic hydroxyl groups is 1. The smallest absolute Gasteiger partial charge is 0.266 e. The van der Waals surface area contributed by atoms with E-state index < -0.39 is 21.7 Å². The fraction of sp³-hybridized carbons (Fsp3) is 0.0526. The molecule has 0 aliphatic rings. The van der Waals surface area contributed by atoms with Gasteiger partial charge in [0.2, 0.25) is 0 Å². The van der Waals surface area contributed by atoms with E-state index in [-0.39, 0.29) is 22.8 Å². The van der Waals surface area contributed by atoms with Gasteiger partial charge in [0, 0.05) is 12.3 Å². The van der Waals surface area contributed by atoms with Crippen molar-refractivity contribution in [2.45, 2.75) is 11.5 Å². The van der Waals surface area contributed by atoms with Crippen LogP contribution >= 0.6 is 0 Å². The Morgan fingerprint density at radius 2 is 1.82 bits per heavy atom. The molecule has 9 heteroatoms. The summed E-state index contributed by atoms with van der Waals surface area (Å²) in [5.41, 5.74) is 0.389. The van der Waals surface area contributed by atoms with Crippen molar-refractivity contribution in [3.63, 3.8) is 0 Å². The van der Waals surface area contributed by atoms with Crippen LogP contribution in [0.25, 0.3) is 0 Å². The van der Waals surface area contributed by atoms with Gasteiger partial charge in [-0.3, -0.25) is 9.78 Å². The summed E-state index contributed by atoms with van der Waals surface area (Å²) in [6, 6.07) is 13.6. The lowest BCUT2D eigenvalue weighted by Crippen LogP contribution is -2.30. The van der Waals surface area contributed by atoms with Crippen molar-refractivity contribution in [3.8, 4) is 11.5 Å². The number of hydrogen-bond acceptors (Lipinski definition) is 6. The zero-order valence-corrected chi connectivity index (χ0v) is 15.2. The van der Waals surface area contributed by atoms with Crippen LogP contribution in [0.15, 0.2) is 71.8 Å². The lowest BCUT2D eigenvalue weighted by atomic mass is 10.2. The lowest BCUT2D eigenvalue weighted by molar-refractivity contribution is 0.0981. The first kappa shape index (κ1) is 19.5. The average molecular weight is 402 g/mol. The maximum absolute atomic E-state index is 13.2. The molecule has 0 spiro atoms. The number of sulfonamides is 1. The number of aromatic nitrogens is 1. The second-order valence-electron chi connectivity index (χ2n) is 5.66. The van der Waals surface area contributed by atoms with Crippen LogP contribution in [0.1, 0.15) is 16.1 Å². The van der Waals surface area contributed by atoms with E-state index in [2.05, 4.69) is 4.98 Å².